The van der Waals surface area contributed by atoms with Crippen LogP contribution in [0.15, 0.2) is 30.6 Å². The molecule has 1 aliphatic rings. The van der Waals surface area contributed by atoms with E-state index in [1.165, 1.54) is 32.4 Å². The van der Waals surface area contributed by atoms with Gasteiger partial charge in [-0.15, -0.1) is 5.10 Å². The molecule has 0 atom stereocenters. The third-order valence-corrected chi connectivity index (χ3v) is 4.77. The lowest BCUT2D eigenvalue weighted by molar-refractivity contribution is 0.112. The smallest absolute Gasteiger partial charge is 0.152 e. The van der Waals surface area contributed by atoms with Crippen LogP contribution in [0.4, 0.5) is 0 Å². The van der Waals surface area contributed by atoms with Crippen LogP contribution in [0.5, 0.6) is 0 Å². The largest absolute Gasteiger partial charge is 0.360 e. The summed E-state index contributed by atoms with van der Waals surface area (Å²) in [6.07, 6.45) is 8.55. The molecule has 0 spiro atoms. The average Bonchev–Trinajstić information content (AvgIpc) is 3.27. The molecule has 4 rings (SSSR count). The van der Waals surface area contributed by atoms with Gasteiger partial charge in [-0.05, 0) is 38.1 Å². The molecule has 0 radical (unpaired) electrons. The van der Waals surface area contributed by atoms with Gasteiger partial charge in [0.1, 0.15) is 5.69 Å². The summed E-state index contributed by atoms with van der Waals surface area (Å²) in [7, 11) is 0. The number of rotatable bonds is 5. The van der Waals surface area contributed by atoms with Crippen LogP contribution in [0.1, 0.15) is 29.6 Å². The van der Waals surface area contributed by atoms with Crippen molar-refractivity contribution in [2.45, 2.75) is 25.8 Å². The Morgan fingerprint density at radius 3 is 2.88 bits per heavy atom. The first kappa shape index (κ1) is 15.1. The number of nitrogens with zero attached hydrogens (tertiary/aromatic N) is 4. The molecule has 3 heterocycles. The lowest BCUT2D eigenvalue weighted by Crippen LogP contribution is -2.32. The second-order valence-corrected chi connectivity index (χ2v) is 6.39. The van der Waals surface area contributed by atoms with Gasteiger partial charge in [-0.1, -0.05) is 17.7 Å². The Labute approximate surface area is 140 Å². The van der Waals surface area contributed by atoms with Crippen molar-refractivity contribution < 1.29 is 4.79 Å². The van der Waals surface area contributed by atoms with Gasteiger partial charge in [0.2, 0.25) is 0 Å². The second-order valence-electron chi connectivity index (χ2n) is 6.39. The maximum absolute atomic E-state index is 11.1. The van der Waals surface area contributed by atoms with Crippen molar-refractivity contribution in [3.05, 3.63) is 36.2 Å². The Hall–Kier alpha value is -2.47. The van der Waals surface area contributed by atoms with Crippen LogP contribution >= 0.6 is 0 Å². The van der Waals surface area contributed by atoms with Gasteiger partial charge in [-0.25, -0.2) is 0 Å². The maximum Gasteiger partial charge on any atom is 0.152 e. The van der Waals surface area contributed by atoms with Crippen molar-refractivity contribution in [2.24, 2.45) is 0 Å². The van der Waals surface area contributed by atoms with Crippen LogP contribution in [-0.4, -0.2) is 50.8 Å². The van der Waals surface area contributed by atoms with E-state index in [9.17, 15) is 4.79 Å². The highest BCUT2D eigenvalue weighted by atomic mass is 16.1. The number of aromatic amines is 1. The van der Waals surface area contributed by atoms with Gasteiger partial charge in [0.15, 0.2) is 6.29 Å². The quantitative estimate of drug-likeness (QED) is 0.733. The number of hydrogen-bond acceptors (Lipinski definition) is 4. The number of aromatic nitrogens is 4. The van der Waals surface area contributed by atoms with Crippen LogP contribution in [0.2, 0.25) is 0 Å². The van der Waals surface area contributed by atoms with Gasteiger partial charge in [0.05, 0.1) is 12.7 Å². The van der Waals surface area contributed by atoms with Crippen molar-refractivity contribution in [1.29, 1.82) is 0 Å². The first-order valence-electron chi connectivity index (χ1n) is 8.53. The number of aldehydes is 1. The van der Waals surface area contributed by atoms with E-state index in [-0.39, 0.29) is 0 Å². The highest BCUT2D eigenvalue weighted by Gasteiger charge is 2.11. The minimum Gasteiger partial charge on any atom is -0.360 e. The van der Waals surface area contributed by atoms with Gasteiger partial charge >= 0.3 is 0 Å². The highest BCUT2D eigenvalue weighted by molar-refractivity contribution is 5.98. The number of carbonyl (C=O) groups excluding carboxylic acids is 1. The Morgan fingerprint density at radius 1 is 1.17 bits per heavy atom. The minimum absolute atomic E-state index is 0.671. The summed E-state index contributed by atoms with van der Waals surface area (Å²) in [5.74, 6) is 0. The molecule has 0 saturated carbocycles. The Balaban J connectivity index is 1.50. The predicted octanol–water partition coefficient (Wildman–Crippen LogP) is 2.72. The fourth-order valence-electron chi connectivity index (χ4n) is 3.37. The molecular formula is C18H21N5O. The predicted molar refractivity (Wildman–Crippen MR) is 93.0 cm³/mol. The first-order chi connectivity index (χ1) is 11.8. The standard InChI is InChI=1S/C18H21N5O/c24-13-15-11-19-17-5-4-14(10-16(15)17)18-12-23(21-20-18)9-8-22-6-2-1-3-7-22/h4-5,10-13,19H,1-3,6-9H2. The average molecular weight is 323 g/mol. The van der Waals surface area contributed by atoms with E-state index in [0.29, 0.717) is 5.56 Å². The molecule has 2 aromatic heterocycles. The molecular weight excluding hydrogens is 302 g/mol. The number of piperidine rings is 1. The Kier molecular flexibility index (Phi) is 4.13. The molecule has 1 fully saturated rings. The summed E-state index contributed by atoms with van der Waals surface area (Å²) in [5, 5.41) is 9.46. The zero-order valence-electron chi connectivity index (χ0n) is 13.6. The minimum atomic E-state index is 0.671. The van der Waals surface area contributed by atoms with Crippen molar-refractivity contribution in [1.82, 2.24) is 24.9 Å². The van der Waals surface area contributed by atoms with Gasteiger partial charge < -0.3 is 9.88 Å². The van der Waals surface area contributed by atoms with E-state index in [4.69, 9.17) is 0 Å². The maximum atomic E-state index is 11.1. The van der Waals surface area contributed by atoms with Gasteiger partial charge in [-0.3, -0.25) is 9.48 Å². The molecule has 6 heteroatoms. The number of hydrogen-bond donors (Lipinski definition) is 1. The lowest BCUT2D eigenvalue weighted by Gasteiger charge is -2.25. The van der Waals surface area contributed by atoms with Crippen LogP contribution < -0.4 is 0 Å². The van der Waals surface area contributed by atoms with Gasteiger partial charge in [0, 0.05) is 34.8 Å². The topological polar surface area (TPSA) is 66.8 Å². The van der Waals surface area contributed by atoms with E-state index in [2.05, 4.69) is 20.2 Å². The number of fused-ring (bicyclic) bond motifs is 1. The number of carbonyl (C=O) groups is 1. The zero-order valence-corrected chi connectivity index (χ0v) is 13.6. The molecule has 0 aliphatic carbocycles. The van der Waals surface area contributed by atoms with E-state index in [0.717, 1.165) is 41.5 Å². The highest BCUT2D eigenvalue weighted by Crippen LogP contribution is 2.24. The molecule has 1 saturated heterocycles. The normalized spacial score (nSPS) is 15.8. The van der Waals surface area contributed by atoms with Crippen LogP contribution in [0, 0.1) is 0 Å². The molecule has 1 N–H and O–H groups in total. The van der Waals surface area contributed by atoms with Crippen molar-refractivity contribution in [3.8, 4) is 11.3 Å². The third-order valence-electron chi connectivity index (χ3n) is 4.77. The van der Waals surface area contributed by atoms with Gasteiger partial charge in [0.25, 0.3) is 0 Å². The van der Waals surface area contributed by atoms with E-state index in [1.54, 1.807) is 6.20 Å². The molecule has 124 valence electrons. The van der Waals surface area contributed by atoms with Crippen molar-refractivity contribution in [2.75, 3.05) is 19.6 Å². The van der Waals surface area contributed by atoms with Gasteiger partial charge in [-0.2, -0.15) is 0 Å². The molecule has 1 aromatic carbocycles. The number of likely N-dealkylation sites (tertiary alicyclic amines) is 1. The molecule has 0 amide bonds. The Morgan fingerprint density at radius 2 is 2.04 bits per heavy atom. The monoisotopic (exact) mass is 323 g/mol. The summed E-state index contributed by atoms with van der Waals surface area (Å²) in [6, 6.07) is 5.98. The number of benzene rings is 1. The fourth-order valence-corrected chi connectivity index (χ4v) is 3.37. The van der Waals surface area contributed by atoms with Crippen LogP contribution in [0.25, 0.3) is 22.2 Å². The zero-order chi connectivity index (χ0) is 16.4. The van der Waals surface area contributed by atoms with Crippen molar-refractivity contribution >= 4 is 17.2 Å². The summed E-state index contributed by atoms with van der Waals surface area (Å²) >= 11 is 0. The number of H-pyrrole nitrogens is 1. The number of nitrogens with one attached hydrogen (secondary N) is 1. The lowest BCUT2D eigenvalue weighted by atomic mass is 10.1. The first-order valence-corrected chi connectivity index (χ1v) is 8.53. The summed E-state index contributed by atoms with van der Waals surface area (Å²) in [6.45, 7) is 4.27. The van der Waals surface area contributed by atoms with Crippen LogP contribution in [-0.2, 0) is 6.54 Å². The van der Waals surface area contributed by atoms with Crippen LogP contribution in [0.3, 0.4) is 0 Å². The molecule has 24 heavy (non-hydrogen) atoms. The fraction of sp³-hybridized carbons (Fsp3) is 0.389. The molecule has 3 aromatic rings. The second kappa shape index (κ2) is 6.57. The molecule has 6 nitrogen and oxygen atoms in total. The van der Waals surface area contributed by atoms with E-state index >= 15 is 0 Å². The SMILES string of the molecule is O=Cc1c[nH]c2ccc(-c3cn(CCN4CCCCC4)nn3)cc12. The molecule has 1 aliphatic heterocycles. The Bertz CT molecular complexity index is 844. The van der Waals surface area contributed by atoms with E-state index < -0.39 is 0 Å². The molecule has 0 unspecified atom stereocenters. The molecule has 0 bridgehead atoms. The van der Waals surface area contributed by atoms with Crippen molar-refractivity contribution in [3.63, 3.8) is 0 Å². The van der Waals surface area contributed by atoms with E-state index in [1.807, 2.05) is 29.1 Å². The summed E-state index contributed by atoms with van der Waals surface area (Å²) in [4.78, 5) is 16.7. The summed E-state index contributed by atoms with van der Waals surface area (Å²) < 4.78 is 1.91. The summed E-state index contributed by atoms with van der Waals surface area (Å²) in [5.41, 5.74) is 3.45. The third kappa shape index (κ3) is 2.97.